The van der Waals surface area contributed by atoms with E-state index in [4.69, 9.17) is 10.5 Å². The van der Waals surface area contributed by atoms with E-state index in [9.17, 15) is 4.79 Å². The smallest absolute Gasteiger partial charge is 0.229 e. The van der Waals surface area contributed by atoms with Crippen molar-refractivity contribution < 1.29 is 9.53 Å². The Bertz CT molecular complexity index is 491. The Hall–Kier alpha value is -1.26. The zero-order chi connectivity index (χ0) is 15.3. The number of nitrogens with one attached hydrogen (secondary N) is 1. The Kier molecular flexibility index (Phi) is 7.17. The van der Waals surface area contributed by atoms with Gasteiger partial charge in [-0.3, -0.25) is 4.79 Å². The van der Waals surface area contributed by atoms with E-state index in [1.807, 2.05) is 31.2 Å². The number of carbonyl (C=O) groups excluding carboxylic acids is 1. The SMILES string of the molecule is CCCOc1cccc(NC(=O)C2CCCCC2(C)N)c1.Cl. The number of hydrogen-bond donors (Lipinski definition) is 2. The van der Waals surface area contributed by atoms with E-state index in [0.29, 0.717) is 6.61 Å². The predicted octanol–water partition coefficient (Wildman–Crippen LogP) is 3.74. The van der Waals surface area contributed by atoms with Crippen LogP contribution in [0.25, 0.3) is 0 Å². The molecular weight excluding hydrogens is 300 g/mol. The molecule has 4 nitrogen and oxygen atoms in total. The lowest BCUT2D eigenvalue weighted by Crippen LogP contribution is -2.51. The summed E-state index contributed by atoms with van der Waals surface area (Å²) in [5.41, 5.74) is 6.66. The van der Waals surface area contributed by atoms with Gasteiger partial charge in [0, 0.05) is 17.3 Å². The maximum atomic E-state index is 12.5. The summed E-state index contributed by atoms with van der Waals surface area (Å²) in [6.45, 7) is 4.73. The van der Waals surface area contributed by atoms with Gasteiger partial charge in [0.05, 0.1) is 12.5 Å². The fourth-order valence-electron chi connectivity index (χ4n) is 2.90. The number of carbonyl (C=O) groups is 1. The Balaban J connectivity index is 0.00000242. The third-order valence-electron chi connectivity index (χ3n) is 4.15. The van der Waals surface area contributed by atoms with Gasteiger partial charge in [0.2, 0.25) is 5.91 Å². The van der Waals surface area contributed by atoms with Gasteiger partial charge < -0.3 is 15.8 Å². The van der Waals surface area contributed by atoms with Gasteiger partial charge in [-0.1, -0.05) is 25.8 Å². The minimum Gasteiger partial charge on any atom is -0.494 e. The van der Waals surface area contributed by atoms with Crippen molar-refractivity contribution in [2.75, 3.05) is 11.9 Å². The first-order valence-electron chi connectivity index (χ1n) is 7.85. The summed E-state index contributed by atoms with van der Waals surface area (Å²) in [7, 11) is 0. The Labute approximate surface area is 139 Å². The van der Waals surface area contributed by atoms with Crippen LogP contribution in [0, 0.1) is 5.92 Å². The minimum atomic E-state index is -0.404. The van der Waals surface area contributed by atoms with Gasteiger partial charge in [-0.05, 0) is 38.3 Å². The highest BCUT2D eigenvalue weighted by Crippen LogP contribution is 2.32. The molecule has 0 aromatic heterocycles. The zero-order valence-corrected chi connectivity index (χ0v) is 14.2. The third-order valence-corrected chi connectivity index (χ3v) is 4.15. The fraction of sp³-hybridized carbons (Fsp3) is 0.588. The molecule has 0 aliphatic heterocycles. The van der Waals surface area contributed by atoms with Crippen LogP contribution in [0.3, 0.4) is 0 Å². The lowest BCUT2D eigenvalue weighted by molar-refractivity contribution is -0.122. The second-order valence-corrected chi connectivity index (χ2v) is 6.17. The van der Waals surface area contributed by atoms with Crippen LogP contribution in [-0.2, 0) is 4.79 Å². The van der Waals surface area contributed by atoms with Gasteiger partial charge in [-0.2, -0.15) is 0 Å². The first-order valence-corrected chi connectivity index (χ1v) is 7.85. The van der Waals surface area contributed by atoms with Crippen LogP contribution in [0.1, 0.15) is 46.0 Å². The normalized spacial score (nSPS) is 24.2. The Morgan fingerprint density at radius 3 is 2.91 bits per heavy atom. The highest BCUT2D eigenvalue weighted by Gasteiger charge is 2.37. The molecule has 0 heterocycles. The average Bonchev–Trinajstić information content (AvgIpc) is 2.45. The largest absolute Gasteiger partial charge is 0.494 e. The molecule has 5 heteroatoms. The molecule has 1 fully saturated rings. The number of anilines is 1. The van der Waals surface area contributed by atoms with Gasteiger partial charge >= 0.3 is 0 Å². The molecule has 1 aliphatic rings. The van der Waals surface area contributed by atoms with E-state index < -0.39 is 5.54 Å². The molecule has 3 N–H and O–H groups in total. The van der Waals surface area contributed by atoms with E-state index >= 15 is 0 Å². The second-order valence-electron chi connectivity index (χ2n) is 6.17. The van der Waals surface area contributed by atoms with Crippen LogP contribution >= 0.6 is 12.4 Å². The van der Waals surface area contributed by atoms with Crippen molar-refractivity contribution in [3.63, 3.8) is 0 Å². The zero-order valence-electron chi connectivity index (χ0n) is 13.4. The van der Waals surface area contributed by atoms with Gasteiger partial charge in [-0.25, -0.2) is 0 Å². The van der Waals surface area contributed by atoms with Crippen molar-refractivity contribution in [2.24, 2.45) is 11.7 Å². The summed E-state index contributed by atoms with van der Waals surface area (Å²) in [5.74, 6) is 0.688. The molecule has 1 aromatic carbocycles. The van der Waals surface area contributed by atoms with Crippen molar-refractivity contribution in [1.82, 2.24) is 0 Å². The minimum absolute atomic E-state index is 0. The molecule has 124 valence electrons. The van der Waals surface area contributed by atoms with Crippen LogP contribution < -0.4 is 15.8 Å². The molecule has 0 radical (unpaired) electrons. The first kappa shape index (κ1) is 18.8. The van der Waals surface area contributed by atoms with Crippen LogP contribution in [0.15, 0.2) is 24.3 Å². The van der Waals surface area contributed by atoms with Gasteiger partial charge in [-0.15, -0.1) is 12.4 Å². The average molecular weight is 327 g/mol. The van der Waals surface area contributed by atoms with Crippen LogP contribution in [-0.4, -0.2) is 18.1 Å². The molecule has 2 atom stereocenters. The number of halogens is 1. The summed E-state index contributed by atoms with van der Waals surface area (Å²) < 4.78 is 5.59. The summed E-state index contributed by atoms with van der Waals surface area (Å²) in [6, 6.07) is 7.54. The number of hydrogen-bond acceptors (Lipinski definition) is 3. The van der Waals surface area contributed by atoms with Crippen LogP contribution in [0.5, 0.6) is 5.75 Å². The number of rotatable bonds is 5. The fourth-order valence-corrected chi connectivity index (χ4v) is 2.90. The van der Waals surface area contributed by atoms with E-state index in [0.717, 1.165) is 43.5 Å². The third kappa shape index (κ3) is 4.89. The predicted molar refractivity (Wildman–Crippen MR) is 92.7 cm³/mol. The number of ether oxygens (including phenoxy) is 1. The van der Waals surface area contributed by atoms with Crippen molar-refractivity contribution >= 4 is 24.0 Å². The lowest BCUT2D eigenvalue weighted by atomic mass is 9.74. The molecular formula is C17H27ClN2O2. The highest BCUT2D eigenvalue weighted by atomic mass is 35.5. The maximum absolute atomic E-state index is 12.5. The van der Waals surface area contributed by atoms with E-state index in [1.54, 1.807) is 0 Å². The summed E-state index contributed by atoms with van der Waals surface area (Å²) in [5, 5.41) is 2.99. The maximum Gasteiger partial charge on any atom is 0.229 e. The molecule has 0 saturated heterocycles. The molecule has 1 saturated carbocycles. The molecule has 0 bridgehead atoms. The van der Waals surface area contributed by atoms with Gasteiger partial charge in [0.1, 0.15) is 5.75 Å². The summed E-state index contributed by atoms with van der Waals surface area (Å²) in [6.07, 6.45) is 4.92. The molecule has 2 unspecified atom stereocenters. The van der Waals surface area contributed by atoms with Gasteiger partial charge in [0.25, 0.3) is 0 Å². The van der Waals surface area contributed by atoms with Gasteiger partial charge in [0.15, 0.2) is 0 Å². The standard InChI is InChI=1S/C17H26N2O2.ClH/c1-3-11-21-14-8-6-7-13(12-14)19-16(20)15-9-4-5-10-17(15,2)18;/h6-8,12,15H,3-5,9-11,18H2,1-2H3,(H,19,20);1H. The Morgan fingerprint density at radius 1 is 1.45 bits per heavy atom. The molecule has 1 aromatic rings. The second kappa shape index (κ2) is 8.39. The molecule has 1 aliphatic carbocycles. The van der Waals surface area contributed by atoms with Crippen molar-refractivity contribution in [2.45, 2.75) is 51.5 Å². The molecule has 2 rings (SSSR count). The Morgan fingerprint density at radius 2 is 2.23 bits per heavy atom. The van der Waals surface area contributed by atoms with Crippen LogP contribution in [0.4, 0.5) is 5.69 Å². The van der Waals surface area contributed by atoms with E-state index in [1.165, 1.54) is 0 Å². The molecule has 0 spiro atoms. The number of nitrogens with two attached hydrogens (primary N) is 1. The van der Waals surface area contributed by atoms with Crippen molar-refractivity contribution in [3.05, 3.63) is 24.3 Å². The van der Waals surface area contributed by atoms with Crippen molar-refractivity contribution in [3.8, 4) is 5.75 Å². The van der Waals surface area contributed by atoms with Crippen molar-refractivity contribution in [1.29, 1.82) is 0 Å². The quantitative estimate of drug-likeness (QED) is 0.866. The summed E-state index contributed by atoms with van der Waals surface area (Å²) in [4.78, 5) is 12.5. The molecule has 1 amide bonds. The molecule has 22 heavy (non-hydrogen) atoms. The monoisotopic (exact) mass is 326 g/mol. The lowest BCUT2D eigenvalue weighted by Gasteiger charge is -2.37. The van der Waals surface area contributed by atoms with Crippen LogP contribution in [0.2, 0.25) is 0 Å². The number of amides is 1. The number of benzene rings is 1. The summed E-state index contributed by atoms with van der Waals surface area (Å²) >= 11 is 0. The van der Waals surface area contributed by atoms with E-state index in [2.05, 4.69) is 12.2 Å². The first-order chi connectivity index (χ1) is 10.0. The topological polar surface area (TPSA) is 64.3 Å². The highest BCUT2D eigenvalue weighted by molar-refractivity contribution is 5.93. The van der Waals surface area contributed by atoms with E-state index in [-0.39, 0.29) is 24.2 Å².